The number of ether oxygens (including phenoxy) is 7. The number of allylic oxidation sites excluding steroid dienone is 6. The van der Waals surface area contributed by atoms with Gasteiger partial charge in [0.15, 0.2) is 18.0 Å². The zero-order valence-electron chi connectivity index (χ0n) is 45.1. The van der Waals surface area contributed by atoms with Gasteiger partial charge in [0.1, 0.15) is 24.5 Å². The van der Waals surface area contributed by atoms with Gasteiger partial charge in [-0.1, -0.05) is 92.7 Å². The molecular weight excluding hydrogens is 979 g/mol. The fourth-order valence-electron chi connectivity index (χ4n) is 10.6. The number of hydrogen-bond acceptors (Lipinski definition) is 17. The van der Waals surface area contributed by atoms with Crippen LogP contribution >= 0.6 is 21.6 Å². The van der Waals surface area contributed by atoms with Gasteiger partial charge in [0, 0.05) is 64.2 Å². The van der Waals surface area contributed by atoms with Crippen LogP contribution < -0.4 is 0 Å². The number of nitrogens with zero attached hydrogens (tertiary/aromatic N) is 1. The van der Waals surface area contributed by atoms with E-state index in [0.717, 1.165) is 5.57 Å². The third-order valence-electron chi connectivity index (χ3n) is 15.2. The van der Waals surface area contributed by atoms with Crippen LogP contribution in [0, 0.1) is 35.5 Å². The zero-order chi connectivity index (χ0) is 54.0. The minimum Gasteiger partial charge on any atom is -0.460 e. The lowest BCUT2D eigenvalue weighted by Crippen LogP contribution is -2.61. The minimum absolute atomic E-state index is 0.0445. The SMILES string of the molecule is CO[C@H]1C[C@@H]2CC[C@@H](C)[C@@](O)(O2)C(=O)C(=O)N2CCCC[C@H]2C(=O)O[C@H]([C@H](C)C[C@@H]2CC[C@@H](O)[C@H](OC)C2)CC(=O)[C@H](C)C=C(C)[C@@H](OC(=O)OCCSSC)[C@@H](OC)C(=O)[C@H](C)C[C@H](C)C=CC=CC=C1C. The van der Waals surface area contributed by atoms with Gasteiger partial charge < -0.3 is 48.3 Å². The molecule has 1 saturated carbocycles. The second kappa shape index (κ2) is 30.4. The molecule has 0 radical (unpaired) electrons. The number of rotatable bonds is 11. The van der Waals surface area contributed by atoms with E-state index in [0.29, 0.717) is 75.5 Å². The van der Waals surface area contributed by atoms with Crippen molar-refractivity contribution in [1.29, 1.82) is 0 Å². The van der Waals surface area contributed by atoms with E-state index in [1.54, 1.807) is 48.0 Å². The molecule has 18 heteroatoms. The molecule has 1 amide bonds. The Balaban J connectivity index is 1.76. The number of carbonyl (C=O) groups excluding carboxylic acids is 6. The van der Waals surface area contributed by atoms with E-state index >= 15 is 0 Å². The zero-order valence-corrected chi connectivity index (χ0v) is 46.8. The lowest BCUT2D eigenvalue weighted by Gasteiger charge is -2.42. The lowest BCUT2D eigenvalue weighted by atomic mass is 9.78. The molecule has 0 aromatic carbocycles. The van der Waals surface area contributed by atoms with Crippen LogP contribution in [0.3, 0.4) is 0 Å². The number of fused-ring (bicyclic) bond motifs is 3. The lowest BCUT2D eigenvalue weighted by molar-refractivity contribution is -0.265. The summed E-state index contributed by atoms with van der Waals surface area (Å²) in [7, 11) is 7.54. The molecule has 0 aromatic rings. The summed E-state index contributed by atoms with van der Waals surface area (Å²) in [6, 6.07) is -1.17. The summed E-state index contributed by atoms with van der Waals surface area (Å²) in [5.41, 5.74) is 1.24. The van der Waals surface area contributed by atoms with Crippen molar-refractivity contribution in [3.8, 4) is 0 Å². The highest BCUT2D eigenvalue weighted by Gasteiger charge is 2.53. The maximum atomic E-state index is 14.5. The Kier molecular flexibility index (Phi) is 25.9. The largest absolute Gasteiger partial charge is 0.509 e. The van der Waals surface area contributed by atoms with Crippen LogP contribution in [-0.2, 0) is 57.1 Å². The summed E-state index contributed by atoms with van der Waals surface area (Å²) in [6.07, 6.45) is 11.6. The molecule has 3 aliphatic heterocycles. The highest BCUT2D eigenvalue weighted by Crippen LogP contribution is 2.38. The number of cyclic esters (lactones) is 1. The smallest absolute Gasteiger partial charge is 0.460 e. The first-order valence-corrected chi connectivity index (χ1v) is 28.9. The Bertz CT molecular complexity index is 1970. The molecule has 1 aliphatic carbocycles. The normalized spacial score (nSPS) is 34.8. The Morgan fingerprint density at radius 1 is 0.890 bits per heavy atom. The van der Waals surface area contributed by atoms with Gasteiger partial charge in [0.2, 0.25) is 5.79 Å². The van der Waals surface area contributed by atoms with Crippen molar-refractivity contribution in [2.45, 2.75) is 180 Å². The highest BCUT2D eigenvalue weighted by molar-refractivity contribution is 8.76. The molecule has 73 heavy (non-hydrogen) atoms. The van der Waals surface area contributed by atoms with Gasteiger partial charge in [-0.05, 0) is 113 Å². The van der Waals surface area contributed by atoms with E-state index in [-0.39, 0.29) is 61.4 Å². The van der Waals surface area contributed by atoms with Gasteiger partial charge in [-0.3, -0.25) is 19.2 Å². The molecule has 15 atom stereocenters. The van der Waals surface area contributed by atoms with Crippen molar-refractivity contribution in [2.75, 3.05) is 46.5 Å². The molecule has 412 valence electrons. The first-order chi connectivity index (χ1) is 34.7. The molecule has 0 aromatic heterocycles. The third kappa shape index (κ3) is 17.9. The predicted octanol–water partition coefficient (Wildman–Crippen LogP) is 8.35. The van der Waals surface area contributed by atoms with E-state index in [1.165, 1.54) is 33.6 Å². The molecule has 2 saturated heterocycles. The predicted molar refractivity (Wildman–Crippen MR) is 281 cm³/mol. The van der Waals surface area contributed by atoms with E-state index in [4.69, 9.17) is 33.2 Å². The Labute approximate surface area is 441 Å². The quantitative estimate of drug-likeness (QED) is 0.0654. The van der Waals surface area contributed by atoms with Crippen molar-refractivity contribution in [2.24, 2.45) is 35.5 Å². The number of esters is 1. The number of piperidine rings is 1. The minimum atomic E-state index is -2.45. The number of hydrogen-bond donors (Lipinski definition) is 2. The monoisotopic (exact) mass is 1060 g/mol. The molecular formula is C55H85NO15S2. The molecule has 3 heterocycles. The molecule has 4 rings (SSSR count). The number of ketones is 3. The summed E-state index contributed by atoms with van der Waals surface area (Å²) < 4.78 is 41.0. The van der Waals surface area contributed by atoms with E-state index < -0.39 is 90.0 Å². The summed E-state index contributed by atoms with van der Waals surface area (Å²) in [6.45, 7) is 12.7. The summed E-state index contributed by atoms with van der Waals surface area (Å²) in [5.74, 6) is -7.96. The van der Waals surface area contributed by atoms with Crippen molar-refractivity contribution >= 4 is 57.0 Å². The van der Waals surface area contributed by atoms with Crippen LogP contribution in [0.1, 0.15) is 126 Å². The van der Waals surface area contributed by atoms with Crippen molar-refractivity contribution in [3.05, 3.63) is 47.6 Å². The topological polar surface area (TPSA) is 211 Å². The Morgan fingerprint density at radius 3 is 2.32 bits per heavy atom. The highest BCUT2D eigenvalue weighted by atomic mass is 33.1. The average Bonchev–Trinajstić information content (AvgIpc) is 3.36. The average molecular weight is 1060 g/mol. The van der Waals surface area contributed by atoms with Gasteiger partial charge in [-0.2, -0.15) is 0 Å². The van der Waals surface area contributed by atoms with Crippen LogP contribution in [0.25, 0.3) is 0 Å². The molecule has 2 bridgehead atoms. The van der Waals surface area contributed by atoms with E-state index in [1.807, 2.05) is 57.4 Å². The summed E-state index contributed by atoms with van der Waals surface area (Å²) in [5, 5.41) is 22.6. The first-order valence-electron chi connectivity index (χ1n) is 26.2. The number of aliphatic hydroxyl groups excluding tert-OH is 1. The van der Waals surface area contributed by atoms with Crippen LogP contribution in [-0.4, -0.2) is 152 Å². The summed E-state index contributed by atoms with van der Waals surface area (Å²) in [4.78, 5) is 86.4. The molecule has 0 spiro atoms. The standard InChI is InChI=1S/C55H85NO15S2/c1-33-17-13-12-14-18-34(2)45(65-8)31-41-22-20-39(7)55(64,71-41)51(60)52(61)56-24-16-15-19-42(56)53(62)69-46(36(4)29-40-21-23-43(57)47(30-40)66-9)32-44(58)35(3)28-38(6)49(50(67-10)48(59)37(5)27-33)70-54(63)68-25-26-73-72-11/h12-14,17-18,28,33,35-37,39-43,45-47,49-50,57,64H,15-16,19-27,29-32H2,1-11H3/t33-,35-,36-,37-,39-,40+,41+,42+,43-,45+,46+,47-,49-,50+,55-/m1/s1. The molecule has 3 fully saturated rings. The molecule has 0 unspecified atom stereocenters. The fraction of sp³-hybridized carbons (Fsp3) is 0.745. The van der Waals surface area contributed by atoms with Crippen LogP contribution in [0.2, 0.25) is 0 Å². The Hall–Kier alpha value is -3.36. The number of aliphatic hydroxyl groups is 2. The van der Waals surface area contributed by atoms with Crippen molar-refractivity contribution in [3.63, 3.8) is 0 Å². The molecule has 4 aliphatic rings. The van der Waals surface area contributed by atoms with Gasteiger partial charge in [0.25, 0.3) is 11.7 Å². The first kappa shape index (κ1) is 62.2. The van der Waals surface area contributed by atoms with Gasteiger partial charge >= 0.3 is 12.1 Å². The van der Waals surface area contributed by atoms with E-state index in [9.17, 15) is 39.0 Å². The maximum absolute atomic E-state index is 14.5. The van der Waals surface area contributed by atoms with Crippen LogP contribution in [0.5, 0.6) is 0 Å². The Morgan fingerprint density at radius 2 is 1.63 bits per heavy atom. The third-order valence-corrected chi connectivity index (χ3v) is 17.0. The number of Topliss-reactive ketones (excluding diaryl/α,β-unsaturated/α-hetero) is 3. The van der Waals surface area contributed by atoms with Gasteiger partial charge in [-0.25, -0.2) is 9.59 Å². The van der Waals surface area contributed by atoms with E-state index in [2.05, 4.69) is 0 Å². The molecule has 16 nitrogen and oxygen atoms in total. The fourth-order valence-corrected chi connectivity index (χ4v) is 11.7. The van der Waals surface area contributed by atoms with Crippen molar-refractivity contribution in [1.82, 2.24) is 4.90 Å². The number of amides is 1. The number of carbonyl (C=O) groups is 6. The van der Waals surface area contributed by atoms with Gasteiger partial charge in [0.05, 0.1) is 24.4 Å². The van der Waals surface area contributed by atoms with Crippen molar-refractivity contribution < 1.29 is 72.1 Å². The number of methoxy groups -OCH3 is 3. The van der Waals surface area contributed by atoms with Gasteiger partial charge in [-0.15, -0.1) is 0 Å². The molecule has 2 N–H and O–H groups in total. The second-order valence-corrected chi connectivity index (χ2v) is 23.5. The second-order valence-electron chi connectivity index (χ2n) is 20.8. The summed E-state index contributed by atoms with van der Waals surface area (Å²) >= 11 is 0. The maximum Gasteiger partial charge on any atom is 0.509 e. The van der Waals surface area contributed by atoms with Crippen LogP contribution in [0.4, 0.5) is 4.79 Å². The van der Waals surface area contributed by atoms with Crippen LogP contribution in [0.15, 0.2) is 47.6 Å².